The number of nitrogens with one attached hydrogen (secondary N) is 1. The summed E-state index contributed by atoms with van der Waals surface area (Å²) in [7, 11) is 0. The van der Waals surface area contributed by atoms with E-state index >= 15 is 0 Å². The molecule has 0 aromatic carbocycles. The van der Waals surface area contributed by atoms with E-state index in [-0.39, 0.29) is 5.75 Å². The number of carbonyl (C=O) groups excluding carboxylic acids is 1. The molecule has 1 unspecified atom stereocenters. The van der Waals surface area contributed by atoms with Crippen LogP contribution in [0, 0.1) is 0 Å². The first-order valence-electron chi connectivity index (χ1n) is 2.84. The highest BCUT2D eigenvalue weighted by Crippen LogP contribution is 2.05. The van der Waals surface area contributed by atoms with Crippen LogP contribution in [-0.2, 0) is 4.79 Å². The quantitative estimate of drug-likeness (QED) is 0.436. The molecule has 0 fully saturated rings. The number of hydrogen-bond acceptors (Lipinski definition) is 3. The van der Waals surface area contributed by atoms with Gasteiger partial charge in [0.15, 0.2) is 0 Å². The number of primary amides is 1. The molecule has 0 spiro atoms. The maximum atomic E-state index is 10.5. The average molecular weight is 178 g/mol. The number of nitrogens with two attached hydrogens (primary N) is 1. The number of thiol groups is 1. The Hall–Kier alpha value is -0.910. The number of urea groups is 1. The topological polar surface area (TPSA) is 92.4 Å². The Morgan fingerprint density at radius 3 is 2.27 bits per heavy atom. The van der Waals surface area contributed by atoms with Crippen LogP contribution in [0.25, 0.3) is 0 Å². The Labute approximate surface area is 69.4 Å². The molecule has 0 aromatic rings. The van der Waals surface area contributed by atoms with Gasteiger partial charge >= 0.3 is 12.0 Å². The predicted molar refractivity (Wildman–Crippen MR) is 42.6 cm³/mol. The second-order valence-electron chi connectivity index (χ2n) is 2.28. The minimum Gasteiger partial charge on any atom is -0.479 e. The second-order valence-corrected chi connectivity index (χ2v) is 2.60. The van der Waals surface area contributed by atoms with Crippen LogP contribution in [0.3, 0.4) is 0 Å². The van der Waals surface area contributed by atoms with Crippen LogP contribution in [0.15, 0.2) is 0 Å². The van der Waals surface area contributed by atoms with Crippen molar-refractivity contribution in [3.8, 4) is 0 Å². The maximum absolute atomic E-state index is 10.5. The Kier molecular flexibility index (Phi) is 3.18. The summed E-state index contributed by atoms with van der Waals surface area (Å²) < 4.78 is 0. The zero-order chi connectivity index (χ0) is 9.07. The highest BCUT2D eigenvalue weighted by Gasteiger charge is 2.32. The number of carboxylic acid groups (broad SMARTS) is 1. The van der Waals surface area contributed by atoms with Gasteiger partial charge in [-0.2, -0.15) is 12.6 Å². The molecule has 0 saturated heterocycles. The van der Waals surface area contributed by atoms with E-state index in [1.807, 2.05) is 0 Å². The third-order valence-corrected chi connectivity index (χ3v) is 1.82. The molecule has 0 aliphatic rings. The molecule has 5 nitrogen and oxygen atoms in total. The van der Waals surface area contributed by atoms with E-state index in [2.05, 4.69) is 17.9 Å². The lowest BCUT2D eigenvalue weighted by molar-refractivity contribution is -0.142. The summed E-state index contributed by atoms with van der Waals surface area (Å²) >= 11 is 3.76. The highest BCUT2D eigenvalue weighted by atomic mass is 32.1. The van der Waals surface area contributed by atoms with Crippen molar-refractivity contribution in [2.75, 3.05) is 5.75 Å². The van der Waals surface area contributed by atoms with Crippen LogP contribution in [0.4, 0.5) is 4.79 Å². The number of aliphatic carboxylic acids is 1. The van der Waals surface area contributed by atoms with E-state index in [9.17, 15) is 9.59 Å². The third-order valence-electron chi connectivity index (χ3n) is 1.19. The SMILES string of the molecule is CC(CS)(NC(N)=O)C(=O)O. The number of rotatable bonds is 3. The molecule has 0 rings (SSSR count). The number of amides is 2. The van der Waals surface area contributed by atoms with E-state index in [0.29, 0.717) is 0 Å². The van der Waals surface area contributed by atoms with Crippen LogP contribution in [0.2, 0.25) is 0 Å². The first kappa shape index (κ1) is 10.1. The van der Waals surface area contributed by atoms with Gasteiger partial charge < -0.3 is 16.2 Å². The van der Waals surface area contributed by atoms with Gasteiger partial charge in [0.1, 0.15) is 5.54 Å². The Morgan fingerprint density at radius 1 is 1.73 bits per heavy atom. The summed E-state index contributed by atoms with van der Waals surface area (Å²) in [4.78, 5) is 20.8. The molecule has 0 bridgehead atoms. The molecule has 0 heterocycles. The minimum absolute atomic E-state index is 0.00866. The van der Waals surface area contributed by atoms with Crippen molar-refractivity contribution in [1.29, 1.82) is 0 Å². The summed E-state index contributed by atoms with van der Waals surface area (Å²) in [5, 5.41) is 10.6. The highest BCUT2D eigenvalue weighted by molar-refractivity contribution is 7.80. The summed E-state index contributed by atoms with van der Waals surface area (Å²) in [6.07, 6.45) is 0. The molecule has 11 heavy (non-hydrogen) atoms. The summed E-state index contributed by atoms with van der Waals surface area (Å²) in [6.45, 7) is 1.33. The van der Waals surface area contributed by atoms with Crippen molar-refractivity contribution < 1.29 is 14.7 Å². The lowest BCUT2D eigenvalue weighted by Crippen LogP contribution is -2.55. The van der Waals surface area contributed by atoms with Crippen molar-refractivity contribution in [3.05, 3.63) is 0 Å². The molecule has 6 heteroatoms. The summed E-state index contributed by atoms with van der Waals surface area (Å²) in [5.41, 5.74) is 3.36. The van der Waals surface area contributed by atoms with Gasteiger partial charge in [0, 0.05) is 5.75 Å². The normalized spacial score (nSPS) is 15.1. The number of carbonyl (C=O) groups is 2. The molecule has 4 N–H and O–H groups in total. The van der Waals surface area contributed by atoms with Gasteiger partial charge in [0.2, 0.25) is 0 Å². The molecule has 0 saturated carbocycles. The molecule has 1 atom stereocenters. The van der Waals surface area contributed by atoms with Crippen molar-refractivity contribution in [3.63, 3.8) is 0 Å². The monoisotopic (exact) mass is 178 g/mol. The second kappa shape index (κ2) is 3.47. The smallest absolute Gasteiger partial charge is 0.330 e. The summed E-state index contributed by atoms with van der Waals surface area (Å²) in [6, 6.07) is -0.871. The molecule has 0 aliphatic heterocycles. The van der Waals surface area contributed by atoms with Crippen LogP contribution in [-0.4, -0.2) is 28.4 Å². The zero-order valence-corrected chi connectivity index (χ0v) is 6.89. The van der Waals surface area contributed by atoms with Gasteiger partial charge in [0.05, 0.1) is 0 Å². The van der Waals surface area contributed by atoms with Gasteiger partial charge in [0.25, 0.3) is 0 Å². The molecule has 64 valence electrons. The van der Waals surface area contributed by atoms with E-state index in [1.54, 1.807) is 0 Å². The van der Waals surface area contributed by atoms with Gasteiger partial charge in [-0.1, -0.05) is 0 Å². The Morgan fingerprint density at radius 2 is 2.18 bits per heavy atom. The van der Waals surface area contributed by atoms with E-state index < -0.39 is 17.5 Å². The summed E-state index contributed by atoms with van der Waals surface area (Å²) in [5.74, 6) is -1.17. The third kappa shape index (κ3) is 2.67. The molecule has 2 amide bonds. The van der Waals surface area contributed by atoms with E-state index in [4.69, 9.17) is 10.8 Å². The number of hydrogen-bond donors (Lipinski definition) is 4. The minimum atomic E-state index is -1.38. The van der Waals surface area contributed by atoms with Crippen LogP contribution in [0.1, 0.15) is 6.92 Å². The van der Waals surface area contributed by atoms with Crippen molar-refractivity contribution in [2.24, 2.45) is 5.73 Å². The fourth-order valence-corrected chi connectivity index (χ4v) is 0.647. The molecule has 0 radical (unpaired) electrons. The first-order valence-corrected chi connectivity index (χ1v) is 3.47. The lowest BCUT2D eigenvalue weighted by Gasteiger charge is -2.22. The number of carboxylic acids is 1. The van der Waals surface area contributed by atoms with Crippen molar-refractivity contribution >= 4 is 24.6 Å². The molecule has 0 aliphatic carbocycles. The zero-order valence-electron chi connectivity index (χ0n) is 6.00. The molecular weight excluding hydrogens is 168 g/mol. The van der Waals surface area contributed by atoms with E-state index in [0.717, 1.165) is 0 Å². The van der Waals surface area contributed by atoms with Crippen molar-refractivity contribution in [2.45, 2.75) is 12.5 Å². The maximum Gasteiger partial charge on any atom is 0.330 e. The Bertz CT molecular complexity index is 185. The molecular formula is C5H10N2O3S. The van der Waals surface area contributed by atoms with E-state index in [1.165, 1.54) is 6.92 Å². The van der Waals surface area contributed by atoms with Gasteiger partial charge in [-0.3, -0.25) is 0 Å². The van der Waals surface area contributed by atoms with Crippen LogP contribution < -0.4 is 11.1 Å². The fourth-order valence-electron chi connectivity index (χ4n) is 0.433. The standard InChI is InChI=1S/C5H10N2O3S/c1-5(2-11,3(8)9)7-4(6)10/h11H,2H2,1H3,(H,8,9)(H3,6,7,10). The van der Waals surface area contributed by atoms with Gasteiger partial charge in [-0.25, -0.2) is 9.59 Å². The van der Waals surface area contributed by atoms with Crippen LogP contribution >= 0.6 is 12.6 Å². The average Bonchev–Trinajstić information content (AvgIpc) is 1.86. The first-order chi connectivity index (χ1) is 4.92. The van der Waals surface area contributed by atoms with Gasteiger partial charge in [-0.05, 0) is 6.92 Å². The fraction of sp³-hybridized carbons (Fsp3) is 0.600. The Balaban J connectivity index is 4.34. The van der Waals surface area contributed by atoms with Crippen molar-refractivity contribution in [1.82, 2.24) is 5.32 Å². The lowest BCUT2D eigenvalue weighted by atomic mass is 10.1. The largest absolute Gasteiger partial charge is 0.479 e. The van der Waals surface area contributed by atoms with Crippen LogP contribution in [0.5, 0.6) is 0 Å². The molecule has 0 aromatic heterocycles. The predicted octanol–water partition coefficient (Wildman–Crippen LogP) is -0.572. The van der Waals surface area contributed by atoms with Gasteiger partial charge in [-0.15, -0.1) is 0 Å².